The average Bonchev–Trinajstić information content (AvgIpc) is 2.74. The van der Waals surface area contributed by atoms with Crippen LogP contribution >= 0.6 is 23.1 Å². The van der Waals surface area contributed by atoms with Gasteiger partial charge in [0.15, 0.2) is 0 Å². The normalized spacial score (nSPS) is 13.2. The Morgan fingerprint density at radius 2 is 2.31 bits per heavy atom. The molecule has 1 aromatic rings. The van der Waals surface area contributed by atoms with Crippen molar-refractivity contribution in [3.05, 3.63) is 16.6 Å². The Morgan fingerprint density at radius 3 is 2.88 bits per heavy atom. The number of rotatable bonds is 8. The number of hydrogen-bond acceptors (Lipinski definition) is 4. The Labute approximate surface area is 107 Å². The Balaban J connectivity index is 2.36. The highest BCUT2D eigenvalue weighted by Gasteiger charge is 2.11. The van der Waals surface area contributed by atoms with Gasteiger partial charge in [0.05, 0.1) is 5.01 Å². The van der Waals surface area contributed by atoms with E-state index in [-0.39, 0.29) is 0 Å². The maximum Gasteiger partial charge on any atom is 0.0940 e. The van der Waals surface area contributed by atoms with Crippen molar-refractivity contribution in [2.24, 2.45) is 0 Å². The fourth-order valence-corrected chi connectivity index (χ4v) is 2.96. The van der Waals surface area contributed by atoms with Crippen molar-refractivity contribution in [3.63, 3.8) is 0 Å². The van der Waals surface area contributed by atoms with Gasteiger partial charge in [0, 0.05) is 29.8 Å². The van der Waals surface area contributed by atoms with Crippen molar-refractivity contribution in [1.29, 1.82) is 0 Å². The van der Waals surface area contributed by atoms with Gasteiger partial charge in [-0.3, -0.25) is 0 Å². The molecule has 92 valence electrons. The summed E-state index contributed by atoms with van der Waals surface area (Å²) < 4.78 is 0. The molecular formula is C12H22N2S2. The van der Waals surface area contributed by atoms with Crippen molar-refractivity contribution in [3.8, 4) is 0 Å². The van der Waals surface area contributed by atoms with Crippen molar-refractivity contribution < 1.29 is 0 Å². The highest BCUT2D eigenvalue weighted by Crippen LogP contribution is 2.14. The molecular weight excluding hydrogens is 236 g/mol. The van der Waals surface area contributed by atoms with Gasteiger partial charge in [0.25, 0.3) is 0 Å². The third-order valence-electron chi connectivity index (χ3n) is 2.22. The zero-order valence-electron chi connectivity index (χ0n) is 10.4. The quantitative estimate of drug-likeness (QED) is 0.775. The smallest absolute Gasteiger partial charge is 0.0940 e. The van der Waals surface area contributed by atoms with Gasteiger partial charge in [0.2, 0.25) is 0 Å². The zero-order valence-corrected chi connectivity index (χ0v) is 12.0. The van der Waals surface area contributed by atoms with Gasteiger partial charge < -0.3 is 5.32 Å². The van der Waals surface area contributed by atoms with Crippen molar-refractivity contribution >= 4 is 23.1 Å². The molecule has 1 aromatic heterocycles. The minimum Gasteiger partial charge on any atom is -0.313 e. The van der Waals surface area contributed by atoms with Crippen LogP contribution in [0.25, 0.3) is 0 Å². The molecule has 0 saturated heterocycles. The van der Waals surface area contributed by atoms with E-state index in [1.165, 1.54) is 17.2 Å². The molecule has 0 radical (unpaired) electrons. The number of nitrogens with zero attached hydrogens (tertiary/aromatic N) is 1. The standard InChI is InChI=1S/C12H22N2S2/c1-4-5-13-11(9-16-10(2)3)8-12-14-6-7-15-12/h6-7,10-11,13H,4-5,8-9H2,1-3H3. The summed E-state index contributed by atoms with van der Waals surface area (Å²) in [6.45, 7) is 7.83. The average molecular weight is 258 g/mol. The van der Waals surface area contributed by atoms with E-state index in [4.69, 9.17) is 0 Å². The van der Waals surface area contributed by atoms with Crippen LogP contribution in [0.1, 0.15) is 32.2 Å². The predicted molar refractivity (Wildman–Crippen MR) is 75.5 cm³/mol. The maximum atomic E-state index is 4.36. The first-order valence-corrected chi connectivity index (χ1v) is 7.88. The summed E-state index contributed by atoms with van der Waals surface area (Å²) in [5, 5.41) is 7.62. The fraction of sp³-hybridized carbons (Fsp3) is 0.750. The van der Waals surface area contributed by atoms with E-state index in [0.717, 1.165) is 13.0 Å². The van der Waals surface area contributed by atoms with Crippen molar-refractivity contribution in [2.45, 2.75) is 44.9 Å². The van der Waals surface area contributed by atoms with E-state index in [1.807, 2.05) is 18.0 Å². The molecule has 1 rings (SSSR count). The van der Waals surface area contributed by atoms with Crippen LogP contribution in [0.3, 0.4) is 0 Å². The lowest BCUT2D eigenvalue weighted by atomic mass is 10.2. The van der Waals surface area contributed by atoms with Gasteiger partial charge in [-0.05, 0) is 18.2 Å². The highest BCUT2D eigenvalue weighted by atomic mass is 32.2. The molecule has 0 amide bonds. The molecule has 1 atom stereocenters. The van der Waals surface area contributed by atoms with Gasteiger partial charge in [-0.2, -0.15) is 11.8 Å². The highest BCUT2D eigenvalue weighted by molar-refractivity contribution is 7.99. The molecule has 0 bridgehead atoms. The molecule has 4 heteroatoms. The minimum absolute atomic E-state index is 0.568. The van der Waals surface area contributed by atoms with Crippen LogP contribution in [0.4, 0.5) is 0 Å². The third-order valence-corrected chi connectivity index (χ3v) is 4.28. The second-order valence-electron chi connectivity index (χ2n) is 4.16. The summed E-state index contributed by atoms with van der Waals surface area (Å²) in [5.74, 6) is 1.18. The van der Waals surface area contributed by atoms with Crippen LogP contribution in [0.15, 0.2) is 11.6 Å². The first-order valence-electron chi connectivity index (χ1n) is 5.95. The Bertz CT molecular complexity index is 260. The van der Waals surface area contributed by atoms with Gasteiger partial charge in [-0.25, -0.2) is 4.98 Å². The largest absolute Gasteiger partial charge is 0.313 e. The maximum absolute atomic E-state index is 4.36. The number of thiazole rings is 1. The second-order valence-corrected chi connectivity index (χ2v) is 6.75. The number of thioether (sulfide) groups is 1. The first kappa shape index (κ1) is 14.0. The van der Waals surface area contributed by atoms with E-state index in [1.54, 1.807) is 11.3 Å². The third kappa shape index (κ3) is 5.87. The predicted octanol–water partition coefficient (Wildman–Crippen LogP) is 3.20. The van der Waals surface area contributed by atoms with Crippen LogP contribution in [0.2, 0.25) is 0 Å². The first-order chi connectivity index (χ1) is 7.72. The van der Waals surface area contributed by atoms with E-state index >= 15 is 0 Å². The number of hydrogen-bond donors (Lipinski definition) is 1. The molecule has 0 aliphatic carbocycles. The van der Waals surface area contributed by atoms with E-state index < -0.39 is 0 Å². The van der Waals surface area contributed by atoms with Crippen molar-refractivity contribution in [1.82, 2.24) is 10.3 Å². The molecule has 1 N–H and O–H groups in total. The monoisotopic (exact) mass is 258 g/mol. The van der Waals surface area contributed by atoms with E-state index in [0.29, 0.717) is 11.3 Å². The summed E-state index contributed by atoms with van der Waals surface area (Å²) in [6.07, 6.45) is 4.16. The summed E-state index contributed by atoms with van der Waals surface area (Å²) in [5.41, 5.74) is 0. The summed E-state index contributed by atoms with van der Waals surface area (Å²) in [4.78, 5) is 4.36. The lowest BCUT2D eigenvalue weighted by Gasteiger charge is -2.18. The molecule has 1 unspecified atom stereocenters. The lowest BCUT2D eigenvalue weighted by molar-refractivity contribution is 0.549. The SMILES string of the molecule is CCCNC(CSC(C)C)Cc1nccs1. The second kappa shape index (κ2) is 8.09. The molecule has 2 nitrogen and oxygen atoms in total. The molecule has 1 heterocycles. The molecule has 0 aliphatic rings. The number of aromatic nitrogens is 1. The van der Waals surface area contributed by atoms with E-state index in [9.17, 15) is 0 Å². The van der Waals surface area contributed by atoms with Crippen LogP contribution in [0, 0.1) is 0 Å². The molecule has 0 saturated carbocycles. The summed E-state index contributed by atoms with van der Waals surface area (Å²) in [6, 6.07) is 0.568. The van der Waals surface area contributed by atoms with Crippen LogP contribution in [0.5, 0.6) is 0 Å². The Hall–Kier alpha value is -0.0600. The fourth-order valence-electron chi connectivity index (χ4n) is 1.41. The molecule has 0 aliphatic heterocycles. The lowest BCUT2D eigenvalue weighted by Crippen LogP contribution is -2.34. The minimum atomic E-state index is 0.568. The molecule has 0 fully saturated rings. The Kier molecular flexibility index (Phi) is 7.08. The van der Waals surface area contributed by atoms with Gasteiger partial charge in [0.1, 0.15) is 0 Å². The van der Waals surface area contributed by atoms with Gasteiger partial charge in [-0.1, -0.05) is 20.8 Å². The van der Waals surface area contributed by atoms with Crippen LogP contribution < -0.4 is 5.32 Å². The molecule has 16 heavy (non-hydrogen) atoms. The number of nitrogens with one attached hydrogen (secondary N) is 1. The Morgan fingerprint density at radius 1 is 1.50 bits per heavy atom. The van der Waals surface area contributed by atoms with Gasteiger partial charge >= 0.3 is 0 Å². The topological polar surface area (TPSA) is 24.9 Å². The van der Waals surface area contributed by atoms with E-state index in [2.05, 4.69) is 36.5 Å². The van der Waals surface area contributed by atoms with Crippen LogP contribution in [-0.2, 0) is 6.42 Å². The zero-order chi connectivity index (χ0) is 11.8. The van der Waals surface area contributed by atoms with Crippen molar-refractivity contribution in [2.75, 3.05) is 12.3 Å². The summed E-state index contributed by atoms with van der Waals surface area (Å²) >= 11 is 3.78. The van der Waals surface area contributed by atoms with Crippen LogP contribution in [-0.4, -0.2) is 28.6 Å². The summed E-state index contributed by atoms with van der Waals surface area (Å²) in [7, 11) is 0. The molecule has 0 spiro atoms. The molecule has 0 aromatic carbocycles. The van der Waals surface area contributed by atoms with Gasteiger partial charge in [-0.15, -0.1) is 11.3 Å².